The van der Waals surface area contributed by atoms with Crippen LogP contribution in [0.1, 0.15) is 30.4 Å². The first kappa shape index (κ1) is 17.3. The lowest BCUT2D eigenvalue weighted by molar-refractivity contribution is -0.121. The van der Waals surface area contributed by atoms with E-state index in [1.54, 1.807) is 4.90 Å². The highest BCUT2D eigenvalue weighted by Crippen LogP contribution is 2.35. The molecule has 27 heavy (non-hydrogen) atoms. The van der Waals surface area contributed by atoms with E-state index in [0.29, 0.717) is 30.4 Å². The second kappa shape index (κ2) is 7.23. The molecule has 0 atom stereocenters. The first-order valence-corrected chi connectivity index (χ1v) is 9.10. The number of hydrogen-bond acceptors (Lipinski definition) is 5. The maximum Gasteiger partial charge on any atom is 0.265 e. The standard InChI is InChI=1S/C21H21N3O3/c1-3-10-24-17-11-16(8-9-18(17)26-13-20(24)25)21-22-19(27-23-21)12-15-7-5-4-6-14(15)2/h4-9,11H,3,10,12-13H2,1-2H3. The van der Waals surface area contributed by atoms with Gasteiger partial charge >= 0.3 is 0 Å². The average molecular weight is 363 g/mol. The van der Waals surface area contributed by atoms with Gasteiger partial charge in [0.15, 0.2) is 6.61 Å². The maximum absolute atomic E-state index is 12.2. The number of anilines is 1. The smallest absolute Gasteiger partial charge is 0.265 e. The van der Waals surface area contributed by atoms with Crippen LogP contribution in [0.4, 0.5) is 5.69 Å². The highest BCUT2D eigenvalue weighted by molar-refractivity contribution is 5.98. The van der Waals surface area contributed by atoms with Crippen LogP contribution in [0.25, 0.3) is 11.4 Å². The predicted molar refractivity (Wildman–Crippen MR) is 102 cm³/mol. The molecule has 0 aliphatic carbocycles. The summed E-state index contributed by atoms with van der Waals surface area (Å²) >= 11 is 0. The molecule has 0 saturated heterocycles. The van der Waals surface area contributed by atoms with Gasteiger partial charge < -0.3 is 14.2 Å². The Balaban J connectivity index is 1.62. The summed E-state index contributed by atoms with van der Waals surface area (Å²) in [6, 6.07) is 13.8. The summed E-state index contributed by atoms with van der Waals surface area (Å²) in [5, 5.41) is 4.12. The molecule has 0 unspecified atom stereocenters. The fourth-order valence-corrected chi connectivity index (χ4v) is 3.23. The van der Waals surface area contributed by atoms with Crippen LogP contribution in [0.5, 0.6) is 5.75 Å². The van der Waals surface area contributed by atoms with Crippen molar-refractivity contribution in [2.45, 2.75) is 26.7 Å². The second-order valence-corrected chi connectivity index (χ2v) is 6.63. The van der Waals surface area contributed by atoms with E-state index in [-0.39, 0.29) is 12.5 Å². The molecule has 0 bridgehead atoms. The van der Waals surface area contributed by atoms with Crippen LogP contribution in [-0.2, 0) is 11.2 Å². The number of carbonyl (C=O) groups is 1. The molecule has 1 aliphatic rings. The number of carbonyl (C=O) groups excluding carboxylic acids is 1. The summed E-state index contributed by atoms with van der Waals surface area (Å²) < 4.78 is 11.0. The molecule has 6 heteroatoms. The van der Waals surface area contributed by atoms with Crippen molar-refractivity contribution in [3.05, 3.63) is 59.5 Å². The fraction of sp³-hybridized carbons (Fsp3) is 0.286. The highest BCUT2D eigenvalue weighted by Gasteiger charge is 2.25. The van der Waals surface area contributed by atoms with Crippen molar-refractivity contribution in [1.82, 2.24) is 10.1 Å². The van der Waals surface area contributed by atoms with Crippen molar-refractivity contribution in [3.63, 3.8) is 0 Å². The van der Waals surface area contributed by atoms with Crippen LogP contribution >= 0.6 is 0 Å². The van der Waals surface area contributed by atoms with Gasteiger partial charge in [0.25, 0.3) is 5.91 Å². The van der Waals surface area contributed by atoms with E-state index in [4.69, 9.17) is 9.26 Å². The first-order valence-electron chi connectivity index (χ1n) is 9.10. The summed E-state index contributed by atoms with van der Waals surface area (Å²) in [5.41, 5.74) is 3.91. The summed E-state index contributed by atoms with van der Waals surface area (Å²) in [4.78, 5) is 18.5. The third-order valence-corrected chi connectivity index (χ3v) is 4.68. The summed E-state index contributed by atoms with van der Waals surface area (Å²) in [7, 11) is 0. The molecular formula is C21H21N3O3. The Labute approximate surface area is 157 Å². The zero-order valence-corrected chi connectivity index (χ0v) is 15.4. The summed E-state index contributed by atoms with van der Waals surface area (Å²) in [6.45, 7) is 4.84. The van der Waals surface area contributed by atoms with Gasteiger partial charge in [-0.15, -0.1) is 0 Å². The molecule has 0 fully saturated rings. The normalized spacial score (nSPS) is 13.4. The van der Waals surface area contributed by atoms with Crippen LogP contribution in [0, 0.1) is 6.92 Å². The number of benzene rings is 2. The molecule has 4 rings (SSSR count). The third kappa shape index (κ3) is 3.43. The molecule has 3 aromatic rings. The maximum atomic E-state index is 12.2. The molecule has 1 aliphatic heterocycles. The Hall–Kier alpha value is -3.15. The number of nitrogens with zero attached hydrogens (tertiary/aromatic N) is 3. The molecule has 1 aromatic heterocycles. The van der Waals surface area contributed by atoms with E-state index in [0.717, 1.165) is 23.2 Å². The van der Waals surface area contributed by atoms with Crippen molar-refractivity contribution in [1.29, 1.82) is 0 Å². The van der Waals surface area contributed by atoms with E-state index in [9.17, 15) is 4.79 Å². The average Bonchev–Trinajstić information content (AvgIpc) is 3.14. The lowest BCUT2D eigenvalue weighted by Gasteiger charge is -2.29. The van der Waals surface area contributed by atoms with Crippen molar-refractivity contribution in [3.8, 4) is 17.1 Å². The molecule has 1 amide bonds. The zero-order valence-electron chi connectivity index (χ0n) is 15.4. The zero-order chi connectivity index (χ0) is 18.8. The molecule has 2 aromatic carbocycles. The Morgan fingerprint density at radius 2 is 2.04 bits per heavy atom. The van der Waals surface area contributed by atoms with E-state index in [2.05, 4.69) is 29.2 Å². The Kier molecular flexibility index (Phi) is 4.62. The molecule has 0 N–H and O–H groups in total. The number of fused-ring (bicyclic) bond motifs is 1. The highest BCUT2D eigenvalue weighted by atomic mass is 16.5. The largest absolute Gasteiger partial charge is 0.482 e. The van der Waals surface area contributed by atoms with Crippen molar-refractivity contribution >= 4 is 11.6 Å². The quantitative estimate of drug-likeness (QED) is 0.690. The van der Waals surface area contributed by atoms with Gasteiger partial charge in [-0.25, -0.2) is 0 Å². The Morgan fingerprint density at radius 1 is 1.19 bits per heavy atom. The Bertz CT molecular complexity index is 980. The lowest BCUT2D eigenvalue weighted by atomic mass is 10.1. The van der Waals surface area contributed by atoms with Crippen molar-refractivity contribution < 1.29 is 14.1 Å². The van der Waals surface area contributed by atoms with E-state index in [1.807, 2.05) is 37.3 Å². The van der Waals surface area contributed by atoms with Gasteiger partial charge in [0.05, 0.1) is 12.1 Å². The van der Waals surface area contributed by atoms with Crippen LogP contribution in [0.3, 0.4) is 0 Å². The minimum absolute atomic E-state index is 0.0325. The number of amides is 1. The molecule has 0 spiro atoms. The van der Waals surface area contributed by atoms with Gasteiger partial charge in [0.1, 0.15) is 5.75 Å². The third-order valence-electron chi connectivity index (χ3n) is 4.68. The van der Waals surface area contributed by atoms with Crippen molar-refractivity contribution in [2.24, 2.45) is 0 Å². The number of ether oxygens (including phenoxy) is 1. The topological polar surface area (TPSA) is 68.5 Å². The van der Waals surface area contributed by atoms with Gasteiger partial charge in [0, 0.05) is 12.1 Å². The number of rotatable bonds is 5. The molecular weight excluding hydrogens is 342 g/mol. The predicted octanol–water partition coefficient (Wildman–Crippen LogP) is 3.77. The van der Waals surface area contributed by atoms with Gasteiger partial charge in [0.2, 0.25) is 11.7 Å². The molecule has 0 radical (unpaired) electrons. The van der Waals surface area contributed by atoms with E-state index in [1.165, 1.54) is 5.56 Å². The minimum atomic E-state index is -0.0325. The van der Waals surface area contributed by atoms with Crippen LogP contribution < -0.4 is 9.64 Å². The molecule has 6 nitrogen and oxygen atoms in total. The van der Waals surface area contributed by atoms with Gasteiger partial charge in [-0.2, -0.15) is 4.98 Å². The van der Waals surface area contributed by atoms with Gasteiger partial charge in [-0.05, 0) is 42.7 Å². The number of aromatic nitrogens is 2. The monoisotopic (exact) mass is 363 g/mol. The molecule has 2 heterocycles. The SMILES string of the molecule is CCCN1C(=O)COc2ccc(-c3noc(Cc4ccccc4C)n3)cc21. The summed E-state index contributed by atoms with van der Waals surface area (Å²) in [6.07, 6.45) is 1.46. The van der Waals surface area contributed by atoms with Crippen LogP contribution in [0.2, 0.25) is 0 Å². The second-order valence-electron chi connectivity index (χ2n) is 6.63. The Morgan fingerprint density at radius 3 is 2.85 bits per heavy atom. The minimum Gasteiger partial charge on any atom is -0.482 e. The van der Waals surface area contributed by atoms with Gasteiger partial charge in [-0.1, -0.05) is 36.3 Å². The molecule has 0 saturated carbocycles. The lowest BCUT2D eigenvalue weighted by Crippen LogP contribution is -2.39. The first-order chi connectivity index (χ1) is 13.2. The van der Waals surface area contributed by atoms with Gasteiger partial charge in [-0.3, -0.25) is 4.79 Å². The van der Waals surface area contributed by atoms with E-state index >= 15 is 0 Å². The fourth-order valence-electron chi connectivity index (χ4n) is 3.23. The summed E-state index contributed by atoms with van der Waals surface area (Å²) in [5.74, 6) is 1.75. The molecule has 138 valence electrons. The number of aryl methyl sites for hydroxylation is 1. The van der Waals surface area contributed by atoms with Crippen molar-refractivity contribution in [2.75, 3.05) is 18.1 Å². The van der Waals surface area contributed by atoms with Crippen LogP contribution in [-0.4, -0.2) is 29.2 Å². The number of hydrogen-bond donors (Lipinski definition) is 0. The van der Waals surface area contributed by atoms with E-state index < -0.39 is 0 Å². The van der Waals surface area contributed by atoms with Crippen LogP contribution in [0.15, 0.2) is 47.0 Å².